The fourth-order valence-electron chi connectivity index (χ4n) is 2.44. The fourth-order valence-corrected chi connectivity index (χ4v) is 2.44. The van der Waals surface area contributed by atoms with Crippen LogP contribution in [0.2, 0.25) is 0 Å². The van der Waals surface area contributed by atoms with E-state index in [-0.39, 0.29) is 12.0 Å². The zero-order valence-corrected chi connectivity index (χ0v) is 14.9. The van der Waals surface area contributed by atoms with E-state index in [0.29, 0.717) is 6.61 Å². The highest BCUT2D eigenvalue weighted by atomic mass is 16.5. The highest BCUT2D eigenvalue weighted by molar-refractivity contribution is 5.95. The molecular weight excluding hydrogens is 290 g/mol. The molecule has 0 heterocycles. The number of nitrogens with two attached hydrogens (primary N) is 1. The van der Waals surface area contributed by atoms with Crippen LogP contribution in [-0.2, 0) is 14.3 Å². The monoisotopic (exact) mass is 325 g/mol. The van der Waals surface area contributed by atoms with Gasteiger partial charge in [0.25, 0.3) is 0 Å². The van der Waals surface area contributed by atoms with E-state index in [2.05, 4.69) is 13.5 Å². The topological polar surface area (TPSA) is 69.4 Å². The molecule has 1 amide bonds. The predicted molar refractivity (Wildman–Crippen MR) is 95.0 cm³/mol. The predicted octanol–water partition coefficient (Wildman–Crippen LogP) is 4.66. The van der Waals surface area contributed by atoms with Gasteiger partial charge < -0.3 is 10.5 Å². The first kappa shape index (κ1) is 21.7. The number of rotatable bonds is 16. The van der Waals surface area contributed by atoms with Gasteiger partial charge >= 0.3 is 5.97 Å². The van der Waals surface area contributed by atoms with Gasteiger partial charge in [0.2, 0.25) is 5.91 Å². The van der Waals surface area contributed by atoms with E-state index in [4.69, 9.17) is 10.5 Å². The van der Waals surface area contributed by atoms with Crippen LogP contribution >= 0.6 is 0 Å². The lowest BCUT2D eigenvalue weighted by atomic mass is 10.1. The summed E-state index contributed by atoms with van der Waals surface area (Å²) < 4.78 is 5.05. The summed E-state index contributed by atoms with van der Waals surface area (Å²) >= 11 is 0. The standard InChI is InChI=1S/C19H35NO3/c1-3-4-5-6-7-8-9-10-11-12-13-14-15-23-18(21)16-17(2)19(20)22/h2-16H2,1H3,(H2,20,22). The van der Waals surface area contributed by atoms with Gasteiger partial charge in [0, 0.05) is 5.57 Å². The van der Waals surface area contributed by atoms with Crippen molar-refractivity contribution in [3.05, 3.63) is 12.2 Å². The molecule has 0 aromatic heterocycles. The van der Waals surface area contributed by atoms with Crippen LogP contribution in [0.5, 0.6) is 0 Å². The van der Waals surface area contributed by atoms with Crippen LogP contribution < -0.4 is 5.73 Å². The summed E-state index contributed by atoms with van der Waals surface area (Å²) in [5, 5.41) is 0. The van der Waals surface area contributed by atoms with Crippen molar-refractivity contribution in [3.8, 4) is 0 Å². The van der Waals surface area contributed by atoms with E-state index in [1.54, 1.807) is 0 Å². The van der Waals surface area contributed by atoms with Crippen LogP contribution in [0.25, 0.3) is 0 Å². The third-order valence-electron chi connectivity index (χ3n) is 3.97. The van der Waals surface area contributed by atoms with Gasteiger partial charge in [-0.15, -0.1) is 0 Å². The number of amides is 1. The van der Waals surface area contributed by atoms with Crippen molar-refractivity contribution in [3.63, 3.8) is 0 Å². The van der Waals surface area contributed by atoms with Crippen LogP contribution in [0, 0.1) is 0 Å². The van der Waals surface area contributed by atoms with E-state index in [1.807, 2.05) is 0 Å². The summed E-state index contributed by atoms with van der Waals surface area (Å²) in [4.78, 5) is 22.1. The smallest absolute Gasteiger partial charge is 0.310 e. The molecule has 0 spiro atoms. The van der Waals surface area contributed by atoms with Gasteiger partial charge in [0.15, 0.2) is 0 Å². The normalized spacial score (nSPS) is 10.5. The van der Waals surface area contributed by atoms with E-state index < -0.39 is 11.9 Å². The van der Waals surface area contributed by atoms with E-state index in [1.165, 1.54) is 64.2 Å². The molecule has 4 heteroatoms. The summed E-state index contributed by atoms with van der Waals surface area (Å²) in [5.41, 5.74) is 5.11. The number of carbonyl (C=O) groups excluding carboxylic acids is 2. The van der Waals surface area contributed by atoms with Crippen molar-refractivity contribution in [2.75, 3.05) is 6.61 Å². The van der Waals surface area contributed by atoms with E-state index in [9.17, 15) is 9.59 Å². The number of unbranched alkanes of at least 4 members (excludes halogenated alkanes) is 11. The maximum Gasteiger partial charge on any atom is 0.310 e. The number of ether oxygens (including phenoxy) is 1. The molecule has 0 aliphatic heterocycles. The molecule has 0 aromatic carbocycles. The van der Waals surface area contributed by atoms with Crippen molar-refractivity contribution in [1.29, 1.82) is 0 Å². The molecule has 0 fully saturated rings. The number of hydrogen-bond acceptors (Lipinski definition) is 3. The second-order valence-electron chi connectivity index (χ2n) is 6.25. The van der Waals surface area contributed by atoms with E-state index in [0.717, 1.165) is 12.8 Å². The number of hydrogen-bond donors (Lipinski definition) is 1. The van der Waals surface area contributed by atoms with Crippen molar-refractivity contribution in [2.45, 2.75) is 90.4 Å². The van der Waals surface area contributed by atoms with Gasteiger partial charge in [-0.05, 0) is 6.42 Å². The van der Waals surface area contributed by atoms with Crippen LogP contribution in [0.15, 0.2) is 12.2 Å². The highest BCUT2D eigenvalue weighted by Crippen LogP contribution is 2.12. The van der Waals surface area contributed by atoms with Crippen molar-refractivity contribution < 1.29 is 14.3 Å². The summed E-state index contributed by atoms with van der Waals surface area (Å²) in [5.74, 6) is -1.07. The minimum absolute atomic E-state index is 0.102. The quantitative estimate of drug-likeness (QED) is 0.255. The minimum atomic E-state index is -0.646. The molecule has 23 heavy (non-hydrogen) atoms. The van der Waals surface area contributed by atoms with Gasteiger partial charge in [-0.3, -0.25) is 9.59 Å². The third kappa shape index (κ3) is 15.4. The maximum absolute atomic E-state index is 11.4. The van der Waals surface area contributed by atoms with Crippen LogP contribution in [0.1, 0.15) is 90.4 Å². The lowest BCUT2D eigenvalue weighted by Crippen LogP contribution is -2.17. The molecule has 0 radical (unpaired) electrons. The molecule has 0 aromatic rings. The molecule has 2 N–H and O–H groups in total. The number of esters is 1. The largest absolute Gasteiger partial charge is 0.465 e. The molecule has 0 bridgehead atoms. The molecule has 4 nitrogen and oxygen atoms in total. The Balaban J connectivity index is 3.23. The number of primary amides is 1. The molecule has 0 atom stereocenters. The van der Waals surface area contributed by atoms with Crippen LogP contribution in [0.4, 0.5) is 0 Å². The Labute approximate surface area is 141 Å². The van der Waals surface area contributed by atoms with Gasteiger partial charge in [0.05, 0.1) is 13.0 Å². The SMILES string of the molecule is C=C(CC(=O)OCCCCCCCCCCCCCC)C(N)=O. The first-order chi connectivity index (χ1) is 11.1. The Kier molecular flexibility index (Phi) is 14.7. The molecule has 0 aliphatic carbocycles. The van der Waals surface area contributed by atoms with Crippen LogP contribution in [-0.4, -0.2) is 18.5 Å². The van der Waals surface area contributed by atoms with Crippen molar-refractivity contribution in [1.82, 2.24) is 0 Å². The Hall–Kier alpha value is -1.32. The Morgan fingerprint density at radius 1 is 0.826 bits per heavy atom. The zero-order valence-electron chi connectivity index (χ0n) is 14.9. The first-order valence-corrected chi connectivity index (χ1v) is 9.21. The van der Waals surface area contributed by atoms with Crippen molar-refractivity contribution in [2.24, 2.45) is 5.73 Å². The lowest BCUT2D eigenvalue weighted by molar-refractivity contribution is -0.143. The molecule has 0 unspecified atom stereocenters. The van der Waals surface area contributed by atoms with Gasteiger partial charge in [-0.1, -0.05) is 84.1 Å². The Morgan fingerprint density at radius 2 is 1.26 bits per heavy atom. The molecule has 0 saturated carbocycles. The average molecular weight is 325 g/mol. The van der Waals surface area contributed by atoms with Crippen molar-refractivity contribution >= 4 is 11.9 Å². The summed E-state index contributed by atoms with van der Waals surface area (Å²) in [6, 6.07) is 0. The lowest BCUT2D eigenvalue weighted by Gasteiger charge is -2.05. The first-order valence-electron chi connectivity index (χ1n) is 9.21. The summed E-state index contributed by atoms with van der Waals surface area (Å²) in [7, 11) is 0. The number of carbonyl (C=O) groups is 2. The summed E-state index contributed by atoms with van der Waals surface area (Å²) in [6.45, 7) is 6.10. The molecular formula is C19H35NO3. The molecule has 0 aliphatic rings. The van der Waals surface area contributed by atoms with Crippen LogP contribution in [0.3, 0.4) is 0 Å². The van der Waals surface area contributed by atoms with E-state index >= 15 is 0 Å². The van der Waals surface area contributed by atoms with Gasteiger partial charge in [-0.2, -0.15) is 0 Å². The molecule has 0 saturated heterocycles. The Bertz CT molecular complexity index is 340. The minimum Gasteiger partial charge on any atom is -0.465 e. The highest BCUT2D eigenvalue weighted by Gasteiger charge is 2.09. The Morgan fingerprint density at radius 3 is 1.70 bits per heavy atom. The zero-order chi connectivity index (χ0) is 17.3. The molecule has 134 valence electrons. The molecule has 0 rings (SSSR count). The average Bonchev–Trinajstić information content (AvgIpc) is 2.51. The fraction of sp³-hybridized carbons (Fsp3) is 0.789. The van der Waals surface area contributed by atoms with Gasteiger partial charge in [0.1, 0.15) is 0 Å². The summed E-state index contributed by atoms with van der Waals surface area (Å²) in [6.07, 6.45) is 15.2. The van der Waals surface area contributed by atoms with Gasteiger partial charge in [-0.25, -0.2) is 0 Å². The second-order valence-corrected chi connectivity index (χ2v) is 6.25. The second kappa shape index (κ2) is 15.6. The third-order valence-corrected chi connectivity index (χ3v) is 3.97. The maximum atomic E-state index is 11.4.